The van der Waals surface area contributed by atoms with E-state index in [2.05, 4.69) is 5.32 Å². The molecule has 0 fully saturated rings. The van der Waals surface area contributed by atoms with E-state index in [1.54, 1.807) is 18.2 Å². The van der Waals surface area contributed by atoms with Crippen LogP contribution in [0.4, 0.5) is 5.69 Å². The molecule has 1 rings (SSSR count). The summed E-state index contributed by atoms with van der Waals surface area (Å²) in [5.41, 5.74) is 6.52. The number of nitrogens with one attached hydrogen (secondary N) is 1. The molecule has 1 unspecified atom stereocenters. The molecular weight excluding hydrogens is 252 g/mol. The van der Waals surface area contributed by atoms with Crippen LogP contribution in [0.1, 0.15) is 17.3 Å². The number of anilines is 1. The van der Waals surface area contributed by atoms with Gasteiger partial charge in [-0.05, 0) is 12.1 Å². The van der Waals surface area contributed by atoms with Gasteiger partial charge in [-0.2, -0.15) is 0 Å². The molecule has 5 nitrogen and oxygen atoms in total. The van der Waals surface area contributed by atoms with Crippen LogP contribution in [-0.4, -0.2) is 35.3 Å². The Bertz CT molecular complexity index is 449. The van der Waals surface area contributed by atoms with Crippen LogP contribution in [0.25, 0.3) is 0 Å². The van der Waals surface area contributed by atoms with Gasteiger partial charge in [0, 0.05) is 28.9 Å². The molecule has 1 aromatic carbocycles. The maximum Gasteiger partial charge on any atom is 0.255 e. The van der Waals surface area contributed by atoms with Crippen molar-refractivity contribution in [2.75, 3.05) is 30.9 Å². The fourth-order valence-corrected chi connectivity index (χ4v) is 2.10. The van der Waals surface area contributed by atoms with Gasteiger partial charge in [0.2, 0.25) is 0 Å². The average molecular weight is 270 g/mol. The SMILES string of the molecule is CCS(=O)CCNC(=O)c1cccc(N)c1OC. The predicted octanol–water partition coefficient (Wildman–Crippen LogP) is 0.776. The molecule has 0 bridgehead atoms. The lowest BCUT2D eigenvalue weighted by Gasteiger charge is -2.10. The highest BCUT2D eigenvalue weighted by Crippen LogP contribution is 2.25. The minimum Gasteiger partial charge on any atom is -0.494 e. The van der Waals surface area contributed by atoms with Crippen molar-refractivity contribution in [1.82, 2.24) is 5.32 Å². The number of carbonyl (C=O) groups is 1. The van der Waals surface area contributed by atoms with Crippen molar-refractivity contribution in [2.24, 2.45) is 0 Å². The van der Waals surface area contributed by atoms with Gasteiger partial charge < -0.3 is 15.8 Å². The first-order valence-corrected chi connectivity index (χ1v) is 7.14. The molecule has 3 N–H and O–H groups in total. The third-order valence-corrected chi connectivity index (χ3v) is 3.73. The molecule has 0 aliphatic rings. The first-order valence-electron chi connectivity index (χ1n) is 5.65. The minimum atomic E-state index is -0.882. The van der Waals surface area contributed by atoms with Crippen molar-refractivity contribution in [1.29, 1.82) is 0 Å². The molecule has 0 aromatic heterocycles. The fourth-order valence-electron chi connectivity index (χ4n) is 1.48. The highest BCUT2D eigenvalue weighted by atomic mass is 32.2. The molecule has 0 heterocycles. The van der Waals surface area contributed by atoms with Gasteiger partial charge in [0.1, 0.15) is 0 Å². The number of rotatable bonds is 6. The van der Waals surface area contributed by atoms with Gasteiger partial charge in [0.05, 0.1) is 18.4 Å². The number of nitrogens with two attached hydrogens (primary N) is 1. The van der Waals surface area contributed by atoms with Crippen LogP contribution in [0.15, 0.2) is 18.2 Å². The molecule has 1 atom stereocenters. The summed E-state index contributed by atoms with van der Waals surface area (Å²) in [5, 5.41) is 2.70. The summed E-state index contributed by atoms with van der Waals surface area (Å²) < 4.78 is 16.3. The second-order valence-corrected chi connectivity index (χ2v) is 5.48. The van der Waals surface area contributed by atoms with E-state index < -0.39 is 10.8 Å². The number of hydrogen-bond donors (Lipinski definition) is 2. The highest BCUT2D eigenvalue weighted by molar-refractivity contribution is 7.84. The zero-order valence-corrected chi connectivity index (χ0v) is 11.4. The van der Waals surface area contributed by atoms with Gasteiger partial charge in [0.15, 0.2) is 5.75 Å². The lowest BCUT2D eigenvalue weighted by atomic mass is 10.1. The molecule has 1 aromatic rings. The number of methoxy groups -OCH3 is 1. The number of nitrogen functional groups attached to an aromatic ring is 1. The number of carbonyl (C=O) groups excluding carboxylic acids is 1. The number of para-hydroxylation sites is 1. The third-order valence-electron chi connectivity index (χ3n) is 2.43. The molecule has 0 saturated heterocycles. The van der Waals surface area contributed by atoms with Crippen molar-refractivity contribution in [2.45, 2.75) is 6.92 Å². The average Bonchev–Trinajstić information content (AvgIpc) is 2.37. The summed E-state index contributed by atoms with van der Waals surface area (Å²) in [7, 11) is 0.585. The monoisotopic (exact) mass is 270 g/mol. The maximum atomic E-state index is 11.9. The quantitative estimate of drug-likeness (QED) is 0.748. The molecular formula is C12H18N2O3S. The zero-order valence-electron chi connectivity index (χ0n) is 10.6. The Labute approximate surface area is 109 Å². The first-order chi connectivity index (χ1) is 8.60. The van der Waals surface area contributed by atoms with Crippen LogP contribution in [0.2, 0.25) is 0 Å². The van der Waals surface area contributed by atoms with E-state index in [4.69, 9.17) is 10.5 Å². The molecule has 6 heteroatoms. The standard InChI is InChI=1S/C12H18N2O3S/c1-3-18(16)8-7-14-12(15)9-5-4-6-10(13)11(9)17-2/h4-6H,3,7-8,13H2,1-2H3,(H,14,15). The summed E-state index contributed by atoms with van der Waals surface area (Å²) >= 11 is 0. The fraction of sp³-hybridized carbons (Fsp3) is 0.417. The van der Waals surface area contributed by atoms with Crippen LogP contribution >= 0.6 is 0 Å². The van der Waals surface area contributed by atoms with Gasteiger partial charge in [-0.1, -0.05) is 13.0 Å². The number of ether oxygens (including phenoxy) is 1. The van der Waals surface area contributed by atoms with E-state index in [1.165, 1.54) is 7.11 Å². The molecule has 0 aliphatic heterocycles. The number of benzene rings is 1. The van der Waals surface area contributed by atoms with Crippen molar-refractivity contribution < 1.29 is 13.7 Å². The Morgan fingerprint density at radius 3 is 2.83 bits per heavy atom. The predicted molar refractivity (Wildman–Crippen MR) is 73.3 cm³/mol. The van der Waals surface area contributed by atoms with Crippen molar-refractivity contribution in [3.05, 3.63) is 23.8 Å². The largest absolute Gasteiger partial charge is 0.494 e. The number of hydrogen-bond acceptors (Lipinski definition) is 4. The van der Waals surface area contributed by atoms with Crippen LogP contribution in [0.5, 0.6) is 5.75 Å². The number of amides is 1. The Kier molecular flexibility index (Phi) is 5.64. The van der Waals surface area contributed by atoms with Crippen molar-refractivity contribution in [3.63, 3.8) is 0 Å². The lowest BCUT2D eigenvalue weighted by Crippen LogP contribution is -2.28. The van der Waals surface area contributed by atoms with Crippen molar-refractivity contribution in [3.8, 4) is 5.75 Å². The van der Waals surface area contributed by atoms with Gasteiger partial charge in [-0.3, -0.25) is 9.00 Å². The highest BCUT2D eigenvalue weighted by Gasteiger charge is 2.13. The van der Waals surface area contributed by atoms with E-state index in [-0.39, 0.29) is 5.91 Å². The smallest absolute Gasteiger partial charge is 0.255 e. The minimum absolute atomic E-state index is 0.271. The lowest BCUT2D eigenvalue weighted by molar-refractivity contribution is 0.0953. The van der Waals surface area contributed by atoms with Crippen molar-refractivity contribution >= 4 is 22.4 Å². The summed E-state index contributed by atoms with van der Waals surface area (Å²) in [4.78, 5) is 11.9. The Hall–Kier alpha value is -1.56. The van der Waals surface area contributed by atoms with Gasteiger partial charge >= 0.3 is 0 Å². The second kappa shape index (κ2) is 7.00. The van der Waals surface area contributed by atoms with Crippen LogP contribution in [0.3, 0.4) is 0 Å². The van der Waals surface area contributed by atoms with Gasteiger partial charge in [-0.25, -0.2) is 0 Å². The van der Waals surface area contributed by atoms with E-state index >= 15 is 0 Å². The summed E-state index contributed by atoms with van der Waals surface area (Å²) in [6.45, 7) is 2.22. The molecule has 0 saturated carbocycles. The van der Waals surface area contributed by atoms with Crippen LogP contribution < -0.4 is 15.8 Å². The Balaban J connectivity index is 2.67. The Morgan fingerprint density at radius 1 is 1.50 bits per heavy atom. The molecule has 1 amide bonds. The van der Waals surface area contributed by atoms with Gasteiger partial charge in [0.25, 0.3) is 5.91 Å². The normalized spacial score (nSPS) is 11.9. The zero-order chi connectivity index (χ0) is 13.5. The molecule has 0 spiro atoms. The molecule has 0 aliphatic carbocycles. The van der Waals surface area contributed by atoms with E-state index in [0.29, 0.717) is 35.1 Å². The van der Waals surface area contributed by atoms with Crippen LogP contribution in [0, 0.1) is 0 Å². The maximum absolute atomic E-state index is 11.9. The van der Waals surface area contributed by atoms with E-state index in [0.717, 1.165) is 0 Å². The summed E-state index contributed by atoms with van der Waals surface area (Å²) in [5.74, 6) is 1.14. The molecule has 100 valence electrons. The van der Waals surface area contributed by atoms with E-state index in [1.807, 2.05) is 6.92 Å². The summed E-state index contributed by atoms with van der Waals surface area (Å²) in [6.07, 6.45) is 0. The molecule has 0 radical (unpaired) electrons. The molecule has 18 heavy (non-hydrogen) atoms. The second-order valence-electron chi connectivity index (χ2n) is 3.62. The van der Waals surface area contributed by atoms with E-state index in [9.17, 15) is 9.00 Å². The summed E-state index contributed by atoms with van der Waals surface area (Å²) in [6, 6.07) is 5.00. The first kappa shape index (κ1) is 14.5. The third kappa shape index (κ3) is 3.73. The Morgan fingerprint density at radius 2 is 2.22 bits per heavy atom. The van der Waals surface area contributed by atoms with Gasteiger partial charge in [-0.15, -0.1) is 0 Å². The van der Waals surface area contributed by atoms with Crippen LogP contribution in [-0.2, 0) is 10.8 Å². The topological polar surface area (TPSA) is 81.4 Å².